The summed E-state index contributed by atoms with van der Waals surface area (Å²) in [7, 11) is 0. The summed E-state index contributed by atoms with van der Waals surface area (Å²) in [5.41, 5.74) is 0. The van der Waals surface area contributed by atoms with Crippen LogP contribution in [0.15, 0.2) is 27.8 Å². The van der Waals surface area contributed by atoms with Crippen molar-refractivity contribution in [2.45, 2.75) is 57.1 Å². The van der Waals surface area contributed by atoms with Gasteiger partial charge in [-0.15, -0.1) is 0 Å². The molecule has 2 bridgehead atoms. The highest BCUT2D eigenvalue weighted by Gasteiger charge is 2.39. The molecule has 0 amide bonds. The van der Waals surface area contributed by atoms with E-state index >= 15 is 0 Å². The Balaban J connectivity index is 1.31. The van der Waals surface area contributed by atoms with E-state index in [2.05, 4.69) is 10.6 Å². The molecule has 0 radical (unpaired) electrons. The van der Waals surface area contributed by atoms with Crippen molar-refractivity contribution < 1.29 is 9.15 Å². The second-order valence-corrected chi connectivity index (χ2v) is 7.51. The molecule has 2 aliphatic carbocycles. The van der Waals surface area contributed by atoms with E-state index in [1.54, 1.807) is 6.26 Å². The number of ether oxygens (including phenoxy) is 1. The first-order valence-electron chi connectivity index (χ1n) is 9.55. The summed E-state index contributed by atoms with van der Waals surface area (Å²) in [6, 6.07) is 4.56. The lowest BCUT2D eigenvalue weighted by atomic mass is 9.95. The lowest BCUT2D eigenvalue weighted by Crippen LogP contribution is -2.46. The van der Waals surface area contributed by atoms with Crippen molar-refractivity contribution in [3.05, 3.63) is 24.2 Å². The first-order valence-corrected chi connectivity index (χ1v) is 9.55. The van der Waals surface area contributed by atoms with Crippen molar-refractivity contribution in [2.75, 3.05) is 19.7 Å². The highest BCUT2D eigenvalue weighted by Crippen LogP contribution is 2.44. The van der Waals surface area contributed by atoms with Gasteiger partial charge in [-0.2, -0.15) is 0 Å². The zero-order valence-electron chi connectivity index (χ0n) is 14.4. The third-order valence-corrected chi connectivity index (χ3v) is 5.78. The normalized spacial score (nSPS) is 32.4. The molecule has 3 fully saturated rings. The lowest BCUT2D eigenvalue weighted by Gasteiger charge is -2.25. The fourth-order valence-electron chi connectivity index (χ4n) is 4.49. The lowest BCUT2D eigenvalue weighted by molar-refractivity contribution is 0.117. The van der Waals surface area contributed by atoms with Gasteiger partial charge in [0.05, 0.1) is 18.9 Å². The SMILES string of the molecule is c1coc(CCNC(=NCC2CCCO2)NC2CC3CCC2C3)c1. The summed E-state index contributed by atoms with van der Waals surface area (Å²) >= 11 is 0. The van der Waals surface area contributed by atoms with Crippen LogP contribution in [0.3, 0.4) is 0 Å². The van der Waals surface area contributed by atoms with Crippen molar-refractivity contribution in [3.8, 4) is 0 Å². The zero-order valence-corrected chi connectivity index (χ0v) is 14.4. The first kappa shape index (κ1) is 16.0. The van der Waals surface area contributed by atoms with E-state index in [0.717, 1.165) is 56.1 Å². The van der Waals surface area contributed by atoms with Crippen LogP contribution in [0.1, 0.15) is 44.3 Å². The maximum Gasteiger partial charge on any atom is 0.191 e. The molecule has 0 aromatic carbocycles. The minimum absolute atomic E-state index is 0.300. The highest BCUT2D eigenvalue weighted by atomic mass is 16.5. The minimum Gasteiger partial charge on any atom is -0.469 e. The number of nitrogens with zero attached hydrogens (tertiary/aromatic N) is 1. The number of guanidine groups is 1. The van der Waals surface area contributed by atoms with Gasteiger partial charge in [0.15, 0.2) is 5.96 Å². The third-order valence-electron chi connectivity index (χ3n) is 5.78. The highest BCUT2D eigenvalue weighted by molar-refractivity contribution is 5.80. The molecule has 24 heavy (non-hydrogen) atoms. The van der Waals surface area contributed by atoms with Gasteiger partial charge >= 0.3 is 0 Å². The molecule has 4 atom stereocenters. The summed E-state index contributed by atoms with van der Waals surface area (Å²) in [6.45, 7) is 2.49. The van der Waals surface area contributed by atoms with E-state index in [4.69, 9.17) is 14.1 Å². The van der Waals surface area contributed by atoms with Crippen LogP contribution in [0.2, 0.25) is 0 Å². The van der Waals surface area contributed by atoms with Crippen molar-refractivity contribution >= 4 is 5.96 Å². The number of furan rings is 1. The molecule has 1 saturated heterocycles. The number of fused-ring (bicyclic) bond motifs is 2. The van der Waals surface area contributed by atoms with Crippen molar-refractivity contribution in [1.29, 1.82) is 0 Å². The Kier molecular flexibility index (Phi) is 5.07. The van der Waals surface area contributed by atoms with E-state index in [1.165, 1.54) is 32.1 Å². The zero-order chi connectivity index (χ0) is 16.2. The van der Waals surface area contributed by atoms with E-state index in [1.807, 2.05) is 12.1 Å². The quantitative estimate of drug-likeness (QED) is 0.622. The monoisotopic (exact) mass is 331 g/mol. The van der Waals surface area contributed by atoms with Gasteiger partial charge in [-0.05, 0) is 56.1 Å². The van der Waals surface area contributed by atoms with Crippen LogP contribution in [0.4, 0.5) is 0 Å². The average molecular weight is 331 g/mol. The minimum atomic E-state index is 0.300. The van der Waals surface area contributed by atoms with E-state index in [9.17, 15) is 0 Å². The van der Waals surface area contributed by atoms with Gasteiger partial charge in [-0.3, -0.25) is 4.99 Å². The van der Waals surface area contributed by atoms with Gasteiger partial charge in [0.1, 0.15) is 5.76 Å². The van der Waals surface area contributed by atoms with E-state index < -0.39 is 0 Å². The van der Waals surface area contributed by atoms with Gasteiger partial charge in [0.25, 0.3) is 0 Å². The average Bonchev–Trinajstić information content (AvgIpc) is 3.36. The molecule has 4 rings (SSSR count). The fraction of sp³-hybridized carbons (Fsp3) is 0.737. The molecular formula is C19H29N3O2. The molecule has 2 saturated carbocycles. The number of nitrogens with one attached hydrogen (secondary N) is 2. The van der Waals surface area contributed by atoms with Crippen LogP contribution in [0.5, 0.6) is 0 Å². The number of aliphatic imine (C=N–C) groups is 1. The molecule has 132 valence electrons. The largest absolute Gasteiger partial charge is 0.469 e. The number of hydrogen-bond donors (Lipinski definition) is 2. The fourth-order valence-corrected chi connectivity index (χ4v) is 4.49. The summed E-state index contributed by atoms with van der Waals surface area (Å²) < 4.78 is 11.1. The predicted molar refractivity (Wildman–Crippen MR) is 94.1 cm³/mol. The Morgan fingerprint density at radius 2 is 2.25 bits per heavy atom. The van der Waals surface area contributed by atoms with Crippen molar-refractivity contribution in [3.63, 3.8) is 0 Å². The van der Waals surface area contributed by atoms with Gasteiger partial charge in [-0.1, -0.05) is 6.42 Å². The number of rotatable bonds is 6. The molecule has 3 aliphatic rings. The first-order chi connectivity index (χ1) is 11.9. The van der Waals surface area contributed by atoms with Crippen LogP contribution in [0.25, 0.3) is 0 Å². The van der Waals surface area contributed by atoms with Gasteiger partial charge in [0.2, 0.25) is 0 Å². The van der Waals surface area contributed by atoms with Gasteiger partial charge in [-0.25, -0.2) is 0 Å². The molecule has 0 spiro atoms. The molecule has 2 N–H and O–H groups in total. The topological polar surface area (TPSA) is 58.8 Å². The number of hydrogen-bond acceptors (Lipinski definition) is 3. The Bertz CT molecular complexity index is 537. The summed E-state index contributed by atoms with van der Waals surface area (Å²) in [6.07, 6.45) is 10.7. The second-order valence-electron chi connectivity index (χ2n) is 7.51. The molecule has 2 heterocycles. The van der Waals surface area contributed by atoms with Crippen LogP contribution in [-0.4, -0.2) is 37.8 Å². The summed E-state index contributed by atoms with van der Waals surface area (Å²) in [4.78, 5) is 4.81. The molecule has 5 nitrogen and oxygen atoms in total. The van der Waals surface area contributed by atoms with Crippen LogP contribution < -0.4 is 10.6 Å². The van der Waals surface area contributed by atoms with Crippen LogP contribution in [-0.2, 0) is 11.2 Å². The van der Waals surface area contributed by atoms with Crippen LogP contribution in [0, 0.1) is 11.8 Å². The van der Waals surface area contributed by atoms with E-state index in [0.29, 0.717) is 12.1 Å². The maximum absolute atomic E-state index is 5.71. The van der Waals surface area contributed by atoms with Crippen molar-refractivity contribution in [2.24, 2.45) is 16.8 Å². The molecule has 1 aromatic heterocycles. The molecule has 1 aromatic rings. The Labute approximate surface area is 144 Å². The Morgan fingerprint density at radius 1 is 1.25 bits per heavy atom. The standard InChI is InChI=1S/C19H29N3O2/c1-3-16(23-9-1)7-8-20-19(21-13-17-4-2-10-24-17)22-18-12-14-5-6-15(18)11-14/h1,3,9,14-15,17-18H,2,4-8,10-13H2,(H2,20,21,22). The second kappa shape index (κ2) is 7.60. The molecule has 4 unspecified atom stereocenters. The van der Waals surface area contributed by atoms with Crippen molar-refractivity contribution in [1.82, 2.24) is 10.6 Å². The van der Waals surface area contributed by atoms with Crippen LogP contribution >= 0.6 is 0 Å². The molecule has 5 heteroatoms. The predicted octanol–water partition coefficient (Wildman–Crippen LogP) is 2.72. The molecular weight excluding hydrogens is 302 g/mol. The maximum atomic E-state index is 5.71. The van der Waals surface area contributed by atoms with Gasteiger partial charge < -0.3 is 19.8 Å². The summed E-state index contributed by atoms with van der Waals surface area (Å²) in [5.74, 6) is 3.75. The summed E-state index contributed by atoms with van der Waals surface area (Å²) in [5, 5.41) is 7.20. The molecule has 1 aliphatic heterocycles. The Morgan fingerprint density at radius 3 is 2.96 bits per heavy atom. The van der Waals surface area contributed by atoms with E-state index in [-0.39, 0.29) is 0 Å². The third kappa shape index (κ3) is 3.94. The van der Waals surface area contributed by atoms with Gasteiger partial charge in [0, 0.05) is 25.6 Å². The smallest absolute Gasteiger partial charge is 0.191 e. The Hall–Kier alpha value is -1.49.